The highest BCUT2D eigenvalue weighted by Crippen LogP contribution is 2.31. The van der Waals surface area contributed by atoms with E-state index in [1.54, 1.807) is 18.0 Å². The lowest BCUT2D eigenvalue weighted by Gasteiger charge is -2.04. The van der Waals surface area contributed by atoms with Crippen LogP contribution in [-0.2, 0) is 19.2 Å². The van der Waals surface area contributed by atoms with Crippen molar-refractivity contribution in [3.63, 3.8) is 0 Å². The molecule has 2 aromatic heterocycles. The van der Waals surface area contributed by atoms with E-state index >= 15 is 0 Å². The SMILES string of the molecule is CCc1nn(C)c(CSc2ncccc2Cl)c1Br. The van der Waals surface area contributed by atoms with Crippen LogP contribution in [0.5, 0.6) is 0 Å². The summed E-state index contributed by atoms with van der Waals surface area (Å²) in [6, 6.07) is 3.69. The Balaban J connectivity index is 2.16. The Morgan fingerprint density at radius 2 is 2.28 bits per heavy atom. The molecule has 0 aliphatic carbocycles. The number of hydrogen-bond donors (Lipinski definition) is 0. The Hall–Kier alpha value is -0.520. The van der Waals surface area contributed by atoms with E-state index in [9.17, 15) is 0 Å². The molecule has 0 aromatic carbocycles. The van der Waals surface area contributed by atoms with Crippen molar-refractivity contribution in [2.24, 2.45) is 7.05 Å². The summed E-state index contributed by atoms with van der Waals surface area (Å²) in [7, 11) is 1.96. The first-order chi connectivity index (χ1) is 8.63. The third kappa shape index (κ3) is 2.90. The van der Waals surface area contributed by atoms with Crippen LogP contribution in [0.15, 0.2) is 27.8 Å². The predicted octanol–water partition coefficient (Wildman–Crippen LogP) is 4.09. The molecule has 0 saturated carbocycles. The van der Waals surface area contributed by atoms with E-state index in [-0.39, 0.29) is 0 Å². The van der Waals surface area contributed by atoms with Gasteiger partial charge in [-0.25, -0.2) is 4.98 Å². The zero-order valence-electron chi connectivity index (χ0n) is 10.2. The van der Waals surface area contributed by atoms with Crippen molar-refractivity contribution in [2.45, 2.75) is 24.1 Å². The average molecular weight is 347 g/mol. The fourth-order valence-electron chi connectivity index (χ4n) is 1.59. The van der Waals surface area contributed by atoms with E-state index in [4.69, 9.17) is 11.6 Å². The molecular weight excluding hydrogens is 334 g/mol. The summed E-state index contributed by atoms with van der Waals surface area (Å²) in [6.45, 7) is 2.10. The molecule has 0 bridgehead atoms. The summed E-state index contributed by atoms with van der Waals surface area (Å²) in [4.78, 5) is 4.27. The van der Waals surface area contributed by atoms with Crippen molar-refractivity contribution in [1.29, 1.82) is 0 Å². The molecule has 0 unspecified atom stereocenters. The number of thioether (sulfide) groups is 1. The van der Waals surface area contributed by atoms with Crippen LogP contribution in [0.1, 0.15) is 18.3 Å². The Kier molecular flexibility index (Phi) is 4.70. The minimum atomic E-state index is 0.691. The van der Waals surface area contributed by atoms with E-state index in [1.807, 2.05) is 23.9 Å². The van der Waals surface area contributed by atoms with Gasteiger partial charge in [0.25, 0.3) is 0 Å². The minimum absolute atomic E-state index is 0.691. The van der Waals surface area contributed by atoms with Gasteiger partial charge in [-0.05, 0) is 34.5 Å². The van der Waals surface area contributed by atoms with Gasteiger partial charge in [0, 0.05) is 19.0 Å². The van der Waals surface area contributed by atoms with E-state index < -0.39 is 0 Å². The summed E-state index contributed by atoms with van der Waals surface area (Å²) in [5, 5.41) is 6.01. The van der Waals surface area contributed by atoms with Gasteiger partial charge in [0.2, 0.25) is 0 Å². The predicted molar refractivity (Wildman–Crippen MR) is 79.1 cm³/mol. The molecule has 2 rings (SSSR count). The maximum atomic E-state index is 6.09. The molecule has 0 spiro atoms. The molecular formula is C12H13BrClN3S. The number of pyridine rings is 1. The molecule has 0 amide bonds. The number of aryl methyl sites for hydroxylation is 2. The Morgan fingerprint density at radius 3 is 2.89 bits per heavy atom. The maximum Gasteiger partial charge on any atom is 0.115 e. The zero-order chi connectivity index (χ0) is 13.1. The second kappa shape index (κ2) is 6.08. The van der Waals surface area contributed by atoms with E-state index in [0.717, 1.165) is 33.1 Å². The molecule has 0 atom stereocenters. The first-order valence-corrected chi connectivity index (χ1v) is 7.72. The van der Waals surface area contributed by atoms with Crippen molar-refractivity contribution in [2.75, 3.05) is 0 Å². The van der Waals surface area contributed by atoms with Crippen LogP contribution < -0.4 is 0 Å². The standard InChI is InChI=1S/C12H13BrClN3S/c1-3-9-11(13)10(17(2)16-9)7-18-12-8(14)5-4-6-15-12/h4-6H,3,7H2,1-2H3. The lowest BCUT2D eigenvalue weighted by Crippen LogP contribution is -1.97. The van der Waals surface area contributed by atoms with Gasteiger partial charge in [0.1, 0.15) is 5.03 Å². The van der Waals surface area contributed by atoms with Crippen LogP contribution in [0, 0.1) is 0 Å². The summed E-state index contributed by atoms with van der Waals surface area (Å²) >= 11 is 11.3. The smallest absolute Gasteiger partial charge is 0.115 e. The maximum absolute atomic E-state index is 6.09. The zero-order valence-corrected chi connectivity index (χ0v) is 13.3. The second-order valence-electron chi connectivity index (χ2n) is 3.76. The minimum Gasteiger partial charge on any atom is -0.270 e. The van der Waals surface area contributed by atoms with Gasteiger partial charge in [0.15, 0.2) is 0 Å². The number of halogens is 2. The van der Waals surface area contributed by atoms with Gasteiger partial charge in [-0.3, -0.25) is 4.68 Å². The van der Waals surface area contributed by atoms with Crippen LogP contribution in [0.4, 0.5) is 0 Å². The molecule has 96 valence electrons. The Labute approximate surface area is 124 Å². The van der Waals surface area contributed by atoms with Gasteiger partial charge in [-0.15, -0.1) is 0 Å². The fraction of sp³-hybridized carbons (Fsp3) is 0.333. The van der Waals surface area contributed by atoms with E-state index in [0.29, 0.717) is 5.02 Å². The number of aromatic nitrogens is 3. The molecule has 6 heteroatoms. The molecule has 0 N–H and O–H groups in total. The third-order valence-electron chi connectivity index (χ3n) is 2.57. The van der Waals surface area contributed by atoms with Gasteiger partial charge in [-0.1, -0.05) is 30.3 Å². The first-order valence-electron chi connectivity index (χ1n) is 5.57. The fourth-order valence-corrected chi connectivity index (χ4v) is 3.76. The van der Waals surface area contributed by atoms with Gasteiger partial charge in [0.05, 0.1) is 20.9 Å². The van der Waals surface area contributed by atoms with Crippen molar-refractivity contribution in [1.82, 2.24) is 14.8 Å². The summed E-state index contributed by atoms with van der Waals surface area (Å²) in [6.07, 6.45) is 2.67. The van der Waals surface area contributed by atoms with E-state index in [2.05, 4.69) is 32.9 Å². The van der Waals surface area contributed by atoms with Crippen LogP contribution in [-0.4, -0.2) is 14.8 Å². The topological polar surface area (TPSA) is 30.7 Å². The lowest BCUT2D eigenvalue weighted by molar-refractivity contribution is 0.719. The van der Waals surface area contributed by atoms with Gasteiger partial charge < -0.3 is 0 Å². The third-order valence-corrected chi connectivity index (χ3v) is 4.92. The largest absolute Gasteiger partial charge is 0.270 e. The van der Waals surface area contributed by atoms with Crippen LogP contribution in [0.25, 0.3) is 0 Å². The highest BCUT2D eigenvalue weighted by Gasteiger charge is 2.13. The quantitative estimate of drug-likeness (QED) is 0.781. The van der Waals surface area contributed by atoms with Gasteiger partial charge >= 0.3 is 0 Å². The molecule has 0 fully saturated rings. The molecule has 0 saturated heterocycles. The first kappa shape index (κ1) is 13.9. The van der Waals surface area contributed by atoms with Crippen molar-refractivity contribution in [3.8, 4) is 0 Å². The number of hydrogen-bond acceptors (Lipinski definition) is 3. The molecule has 18 heavy (non-hydrogen) atoms. The van der Waals surface area contributed by atoms with Crippen molar-refractivity contribution >= 4 is 39.3 Å². The van der Waals surface area contributed by atoms with Crippen molar-refractivity contribution < 1.29 is 0 Å². The monoisotopic (exact) mass is 345 g/mol. The average Bonchev–Trinajstić information content (AvgIpc) is 2.64. The normalized spacial score (nSPS) is 10.9. The Bertz CT molecular complexity index is 556. The molecule has 2 heterocycles. The van der Waals surface area contributed by atoms with Gasteiger partial charge in [-0.2, -0.15) is 5.10 Å². The van der Waals surface area contributed by atoms with Crippen molar-refractivity contribution in [3.05, 3.63) is 39.2 Å². The molecule has 2 aromatic rings. The molecule has 0 aliphatic rings. The number of nitrogens with zero attached hydrogens (tertiary/aromatic N) is 3. The summed E-state index contributed by atoms with van der Waals surface area (Å²) in [5.41, 5.74) is 2.23. The highest BCUT2D eigenvalue weighted by atomic mass is 79.9. The molecule has 3 nitrogen and oxygen atoms in total. The molecule has 0 radical (unpaired) electrons. The van der Waals surface area contributed by atoms with E-state index in [1.165, 1.54) is 0 Å². The Morgan fingerprint density at radius 1 is 1.50 bits per heavy atom. The second-order valence-corrected chi connectivity index (χ2v) is 5.93. The van der Waals surface area contributed by atoms with Crippen LogP contribution >= 0.6 is 39.3 Å². The lowest BCUT2D eigenvalue weighted by atomic mass is 10.3. The molecule has 0 aliphatic heterocycles. The van der Waals surface area contributed by atoms with Crippen LogP contribution in [0.3, 0.4) is 0 Å². The summed E-state index contributed by atoms with van der Waals surface area (Å²) < 4.78 is 3.00. The van der Waals surface area contributed by atoms with Crippen LogP contribution in [0.2, 0.25) is 5.02 Å². The summed E-state index contributed by atoms with van der Waals surface area (Å²) in [5.74, 6) is 0.792. The number of rotatable bonds is 4. The highest BCUT2D eigenvalue weighted by molar-refractivity contribution is 9.10.